The van der Waals surface area contributed by atoms with Crippen LogP contribution in [0.5, 0.6) is 11.8 Å². The normalized spacial score (nSPS) is 10.9. The molecule has 1 aromatic heterocycles. The molecule has 2 N–H and O–H groups in total. The Kier molecular flexibility index (Phi) is 19.9. The molecule has 0 saturated heterocycles. The van der Waals surface area contributed by atoms with E-state index in [0.29, 0.717) is 30.8 Å². The van der Waals surface area contributed by atoms with E-state index in [-0.39, 0.29) is 36.0 Å². The summed E-state index contributed by atoms with van der Waals surface area (Å²) in [6.45, 7) is 0.961. The number of carbonyl (C=O) groups is 3. The van der Waals surface area contributed by atoms with Gasteiger partial charge in [0.1, 0.15) is 5.88 Å². The number of halogens is 1. The van der Waals surface area contributed by atoms with Crippen LogP contribution in [0.2, 0.25) is 0 Å². The molecule has 0 unspecified atom stereocenters. The van der Waals surface area contributed by atoms with Gasteiger partial charge in [-0.15, -0.1) is 16.3 Å². The van der Waals surface area contributed by atoms with Gasteiger partial charge in [0.25, 0.3) is 0 Å². The first-order valence-electron chi connectivity index (χ1n) is 14.1. The Hall–Kier alpha value is -2.42. The first kappa shape index (κ1) is 33.6. The zero-order valence-corrected chi connectivity index (χ0v) is 23.4. The molecule has 0 radical (unpaired) electrons. The van der Waals surface area contributed by atoms with Crippen molar-refractivity contribution in [2.45, 2.75) is 116 Å². The minimum Gasteiger partial charge on any atom is -0.492 e. The van der Waals surface area contributed by atoms with Crippen LogP contribution >= 0.6 is 11.6 Å². The van der Waals surface area contributed by atoms with Crippen molar-refractivity contribution in [2.75, 3.05) is 19.1 Å². The van der Waals surface area contributed by atoms with Crippen LogP contribution in [0.4, 0.5) is 0 Å². The predicted octanol–water partition coefficient (Wildman–Crippen LogP) is 6.20. The van der Waals surface area contributed by atoms with Gasteiger partial charge >= 0.3 is 17.9 Å². The maximum absolute atomic E-state index is 11.8. The number of alkyl halides is 1. The Morgan fingerprint density at radius 3 is 1.39 bits per heavy atom. The average molecular weight is 560 g/mol. The van der Waals surface area contributed by atoms with Crippen LogP contribution in [-0.2, 0) is 23.9 Å². The number of ether oxygens (including phenoxy) is 2. The molecule has 1 heterocycles. The number of rotatable bonds is 24. The van der Waals surface area contributed by atoms with Gasteiger partial charge in [-0.05, 0) is 25.7 Å². The van der Waals surface area contributed by atoms with Crippen molar-refractivity contribution in [3.8, 4) is 11.8 Å². The van der Waals surface area contributed by atoms with Crippen molar-refractivity contribution in [2.24, 2.45) is 0 Å². The van der Waals surface area contributed by atoms with Crippen LogP contribution in [0.3, 0.4) is 0 Å². The number of nitrogens with zero attached hydrogens (tertiary/aromatic N) is 1. The van der Waals surface area contributed by atoms with Crippen LogP contribution < -0.4 is 4.84 Å². The van der Waals surface area contributed by atoms with Gasteiger partial charge in [0.15, 0.2) is 0 Å². The second-order valence-electron chi connectivity index (χ2n) is 9.54. The maximum atomic E-state index is 11.8. The molecular weight excluding hydrogens is 514 g/mol. The lowest BCUT2D eigenvalue weighted by Gasteiger charge is -2.07. The fraction of sp³-hybridized carbons (Fsp3) is 0.750. The molecule has 0 atom stereocenters. The summed E-state index contributed by atoms with van der Waals surface area (Å²) in [6, 6.07) is 2.49. The van der Waals surface area contributed by atoms with Crippen LogP contribution in [0.25, 0.3) is 0 Å². The molecule has 0 aliphatic carbocycles. The average Bonchev–Trinajstić information content (AvgIpc) is 3.22. The molecule has 38 heavy (non-hydrogen) atoms. The number of aromatic nitrogens is 1. The van der Waals surface area contributed by atoms with Crippen LogP contribution in [0.1, 0.15) is 116 Å². The predicted molar refractivity (Wildman–Crippen MR) is 145 cm³/mol. The van der Waals surface area contributed by atoms with E-state index in [1.165, 1.54) is 25.0 Å². The molecule has 0 fully saturated rings. The Morgan fingerprint density at radius 1 is 0.579 bits per heavy atom. The fourth-order valence-electron chi connectivity index (χ4n) is 3.99. The molecule has 10 heteroatoms. The van der Waals surface area contributed by atoms with E-state index in [0.717, 1.165) is 83.5 Å². The summed E-state index contributed by atoms with van der Waals surface area (Å²) in [6.07, 6.45) is 17.1. The molecule has 0 amide bonds. The van der Waals surface area contributed by atoms with Gasteiger partial charge in [0.2, 0.25) is 11.8 Å². The van der Waals surface area contributed by atoms with E-state index < -0.39 is 5.97 Å². The van der Waals surface area contributed by atoms with Crippen LogP contribution in [-0.4, -0.2) is 51.9 Å². The van der Waals surface area contributed by atoms with Crippen LogP contribution in [0, 0.1) is 0 Å². The molecule has 0 aliphatic rings. The lowest BCUT2D eigenvalue weighted by molar-refractivity contribution is -0.146. The first-order chi connectivity index (χ1) is 18.4. The van der Waals surface area contributed by atoms with E-state index in [1.54, 1.807) is 0 Å². The second-order valence-corrected chi connectivity index (χ2v) is 9.81. The van der Waals surface area contributed by atoms with Gasteiger partial charge in [-0.1, -0.05) is 77.0 Å². The summed E-state index contributed by atoms with van der Waals surface area (Å²) in [7, 11) is 0. The minimum absolute atomic E-state index is 0.0829. The highest BCUT2D eigenvalue weighted by Crippen LogP contribution is 2.19. The number of carbonyl (C=O) groups excluding carboxylic acids is 3. The van der Waals surface area contributed by atoms with Crippen molar-refractivity contribution < 1.29 is 38.9 Å². The molecule has 218 valence electrons. The van der Waals surface area contributed by atoms with Crippen molar-refractivity contribution in [1.82, 2.24) is 4.73 Å². The number of unbranched alkanes of at least 4 members (excludes halogenated alkanes) is 14. The lowest BCUT2D eigenvalue weighted by atomic mass is 10.1. The van der Waals surface area contributed by atoms with Gasteiger partial charge < -0.3 is 24.5 Å². The Morgan fingerprint density at radius 2 is 0.947 bits per heavy atom. The standard InChI is InChI=1S/C28H46ClNO8/c29-23-28(35)37-22-16-12-8-4-3-7-11-15-21-36-26(33)17-13-9-5-1-2-6-10-14-18-27(34)38-30-24(31)19-20-25(30)32/h19-20,31-32H,1-18,21-23H2. The first-order valence-corrected chi connectivity index (χ1v) is 14.7. The lowest BCUT2D eigenvalue weighted by Crippen LogP contribution is -2.18. The Labute approximate surface area is 231 Å². The smallest absolute Gasteiger partial charge is 0.333 e. The third-order valence-electron chi connectivity index (χ3n) is 6.18. The summed E-state index contributed by atoms with van der Waals surface area (Å²) in [5, 5.41) is 18.9. The van der Waals surface area contributed by atoms with Gasteiger partial charge in [-0.3, -0.25) is 9.59 Å². The minimum atomic E-state index is -0.494. The Bertz CT molecular complexity index is 763. The van der Waals surface area contributed by atoms with E-state index in [1.807, 2.05) is 0 Å². The summed E-state index contributed by atoms with van der Waals surface area (Å²) in [4.78, 5) is 39.4. The van der Waals surface area contributed by atoms with Gasteiger partial charge in [0.05, 0.1) is 13.2 Å². The quantitative estimate of drug-likeness (QED) is 0.0871. The summed E-state index contributed by atoms with van der Waals surface area (Å²) >= 11 is 5.36. The van der Waals surface area contributed by atoms with E-state index in [4.69, 9.17) is 25.9 Å². The fourth-order valence-corrected chi connectivity index (χ4v) is 4.07. The van der Waals surface area contributed by atoms with E-state index in [2.05, 4.69) is 0 Å². The molecule has 0 bridgehead atoms. The molecule has 0 aliphatic heterocycles. The van der Waals surface area contributed by atoms with E-state index >= 15 is 0 Å². The maximum Gasteiger partial charge on any atom is 0.333 e. The monoisotopic (exact) mass is 559 g/mol. The zero-order chi connectivity index (χ0) is 27.8. The number of hydrogen-bond donors (Lipinski definition) is 2. The molecule has 0 aromatic carbocycles. The topological polar surface area (TPSA) is 124 Å². The summed E-state index contributed by atoms with van der Waals surface area (Å²) in [5.74, 6) is -1.67. The largest absolute Gasteiger partial charge is 0.492 e. The molecule has 1 aromatic rings. The molecular formula is C28H46ClNO8. The van der Waals surface area contributed by atoms with E-state index in [9.17, 15) is 24.6 Å². The third-order valence-corrected chi connectivity index (χ3v) is 6.39. The molecule has 1 rings (SSSR count). The summed E-state index contributed by atoms with van der Waals surface area (Å²) < 4.78 is 11.0. The van der Waals surface area contributed by atoms with Gasteiger partial charge in [-0.25, -0.2) is 4.79 Å². The summed E-state index contributed by atoms with van der Waals surface area (Å²) in [5.41, 5.74) is 0. The number of hydrogen-bond acceptors (Lipinski definition) is 8. The van der Waals surface area contributed by atoms with Crippen molar-refractivity contribution in [3.63, 3.8) is 0 Å². The van der Waals surface area contributed by atoms with Gasteiger partial charge in [-0.2, -0.15) is 0 Å². The van der Waals surface area contributed by atoms with Crippen molar-refractivity contribution >= 4 is 29.5 Å². The van der Waals surface area contributed by atoms with Crippen LogP contribution in [0.15, 0.2) is 12.1 Å². The molecule has 0 saturated carbocycles. The van der Waals surface area contributed by atoms with Gasteiger partial charge in [0, 0.05) is 25.0 Å². The number of esters is 2. The third kappa shape index (κ3) is 17.9. The second kappa shape index (κ2) is 22.6. The number of aromatic hydroxyl groups is 2. The van der Waals surface area contributed by atoms with Crippen molar-refractivity contribution in [3.05, 3.63) is 12.1 Å². The van der Waals surface area contributed by atoms with Crippen molar-refractivity contribution in [1.29, 1.82) is 0 Å². The highest BCUT2D eigenvalue weighted by Gasteiger charge is 2.11. The highest BCUT2D eigenvalue weighted by molar-refractivity contribution is 6.26. The Balaban J connectivity index is 1.79. The SMILES string of the molecule is O=C(CCl)OCCCCCCCCCCOC(=O)CCCCCCCCCCC(=O)On1c(O)ccc1O. The molecule has 9 nitrogen and oxygen atoms in total. The highest BCUT2D eigenvalue weighted by atomic mass is 35.5. The molecule has 0 spiro atoms. The zero-order valence-electron chi connectivity index (χ0n) is 22.7.